The van der Waals surface area contributed by atoms with Crippen LogP contribution in [0, 0.1) is 0 Å². The molecule has 0 spiro atoms. The molecule has 0 unspecified atom stereocenters. The number of aromatic nitrogens is 1. The Morgan fingerprint density at radius 3 is 2.81 bits per heavy atom. The molecule has 2 N–H and O–H groups in total. The van der Waals surface area contributed by atoms with Crippen molar-refractivity contribution < 1.29 is 0 Å². The van der Waals surface area contributed by atoms with E-state index in [2.05, 4.69) is 16.0 Å². The van der Waals surface area contributed by atoms with E-state index < -0.39 is 0 Å². The molecule has 2 aromatic rings. The van der Waals surface area contributed by atoms with Crippen LogP contribution in [0.15, 0.2) is 18.2 Å². The molecule has 16 heavy (non-hydrogen) atoms. The van der Waals surface area contributed by atoms with Gasteiger partial charge in [-0.15, -0.1) is 0 Å². The minimum Gasteiger partial charge on any atom is -0.399 e. The number of fused-ring (bicyclic) bond motifs is 1. The van der Waals surface area contributed by atoms with Crippen LogP contribution in [0.1, 0.15) is 19.3 Å². The number of anilines is 2. The molecular formula is C12H15N3S. The van der Waals surface area contributed by atoms with Gasteiger partial charge in [0.2, 0.25) is 0 Å². The average Bonchev–Trinajstić information content (AvgIpc) is 2.73. The van der Waals surface area contributed by atoms with Crippen LogP contribution in [0.25, 0.3) is 10.2 Å². The Morgan fingerprint density at radius 2 is 2.00 bits per heavy atom. The Labute approximate surface area is 98.9 Å². The Bertz CT molecular complexity index is 500. The van der Waals surface area contributed by atoms with E-state index in [9.17, 15) is 0 Å². The number of thiazole rings is 1. The van der Waals surface area contributed by atoms with E-state index in [0.29, 0.717) is 0 Å². The highest BCUT2D eigenvalue weighted by Gasteiger charge is 2.14. The van der Waals surface area contributed by atoms with Gasteiger partial charge in [0.15, 0.2) is 5.13 Å². The normalized spacial score (nSPS) is 16.9. The van der Waals surface area contributed by atoms with Crippen molar-refractivity contribution in [3.63, 3.8) is 0 Å². The monoisotopic (exact) mass is 233 g/mol. The molecule has 1 aliphatic rings. The fourth-order valence-corrected chi connectivity index (χ4v) is 3.15. The predicted molar refractivity (Wildman–Crippen MR) is 70.1 cm³/mol. The van der Waals surface area contributed by atoms with Crippen molar-refractivity contribution in [2.45, 2.75) is 19.3 Å². The molecule has 84 valence electrons. The van der Waals surface area contributed by atoms with Crippen LogP contribution in [0.2, 0.25) is 0 Å². The van der Waals surface area contributed by atoms with Crippen LogP contribution in [-0.4, -0.2) is 18.1 Å². The first kappa shape index (κ1) is 9.90. The predicted octanol–water partition coefficient (Wildman–Crippen LogP) is 2.87. The molecule has 3 nitrogen and oxygen atoms in total. The van der Waals surface area contributed by atoms with Crippen LogP contribution in [0.3, 0.4) is 0 Å². The Hall–Kier alpha value is -1.29. The van der Waals surface area contributed by atoms with Crippen molar-refractivity contribution in [3.05, 3.63) is 18.2 Å². The highest BCUT2D eigenvalue weighted by atomic mass is 32.1. The summed E-state index contributed by atoms with van der Waals surface area (Å²) in [5.74, 6) is 0. The summed E-state index contributed by atoms with van der Waals surface area (Å²) in [6, 6.07) is 5.97. The van der Waals surface area contributed by atoms with Gasteiger partial charge in [0.1, 0.15) is 0 Å². The Kier molecular flexibility index (Phi) is 2.44. The molecule has 1 fully saturated rings. The van der Waals surface area contributed by atoms with E-state index in [-0.39, 0.29) is 0 Å². The lowest BCUT2D eigenvalue weighted by atomic mass is 10.1. The molecule has 2 heterocycles. The van der Waals surface area contributed by atoms with Gasteiger partial charge >= 0.3 is 0 Å². The third kappa shape index (κ3) is 1.73. The molecule has 1 aliphatic heterocycles. The third-order valence-electron chi connectivity index (χ3n) is 3.03. The number of nitrogen functional groups attached to an aromatic ring is 1. The van der Waals surface area contributed by atoms with E-state index in [1.54, 1.807) is 11.3 Å². The standard InChI is InChI=1S/C12H15N3S/c13-9-4-5-11-10(8-9)14-12(16-11)15-6-2-1-3-7-15/h4-5,8H,1-3,6-7,13H2. The number of nitrogens with zero attached hydrogens (tertiary/aromatic N) is 2. The second-order valence-corrected chi connectivity index (χ2v) is 5.28. The quantitative estimate of drug-likeness (QED) is 0.770. The zero-order valence-electron chi connectivity index (χ0n) is 9.15. The number of hydrogen-bond donors (Lipinski definition) is 1. The minimum absolute atomic E-state index is 0.794. The van der Waals surface area contributed by atoms with Crippen molar-refractivity contribution in [2.75, 3.05) is 23.7 Å². The zero-order chi connectivity index (χ0) is 11.0. The van der Waals surface area contributed by atoms with E-state index >= 15 is 0 Å². The van der Waals surface area contributed by atoms with Crippen molar-refractivity contribution in [1.82, 2.24) is 4.98 Å². The highest BCUT2D eigenvalue weighted by Crippen LogP contribution is 2.31. The Morgan fingerprint density at radius 1 is 1.19 bits per heavy atom. The van der Waals surface area contributed by atoms with Gasteiger partial charge < -0.3 is 10.6 Å². The van der Waals surface area contributed by atoms with Crippen LogP contribution in [0.4, 0.5) is 10.8 Å². The van der Waals surface area contributed by atoms with Crippen LogP contribution in [0.5, 0.6) is 0 Å². The van der Waals surface area contributed by atoms with Gasteiger partial charge in [-0.3, -0.25) is 0 Å². The first-order valence-corrected chi connectivity index (χ1v) is 6.55. The molecule has 0 aliphatic carbocycles. The fraction of sp³-hybridized carbons (Fsp3) is 0.417. The zero-order valence-corrected chi connectivity index (χ0v) is 9.96. The van der Waals surface area contributed by atoms with E-state index in [1.165, 1.54) is 24.0 Å². The van der Waals surface area contributed by atoms with Crippen LogP contribution >= 0.6 is 11.3 Å². The molecule has 1 aromatic heterocycles. The molecule has 0 saturated carbocycles. The van der Waals surface area contributed by atoms with Gasteiger partial charge in [-0.2, -0.15) is 0 Å². The van der Waals surface area contributed by atoms with Gasteiger partial charge in [-0.1, -0.05) is 11.3 Å². The average molecular weight is 233 g/mol. The Balaban J connectivity index is 1.97. The molecular weight excluding hydrogens is 218 g/mol. The second kappa shape index (κ2) is 3.94. The van der Waals surface area contributed by atoms with Crippen molar-refractivity contribution in [2.24, 2.45) is 0 Å². The van der Waals surface area contributed by atoms with Crippen molar-refractivity contribution in [3.8, 4) is 0 Å². The molecule has 0 radical (unpaired) electrons. The van der Waals surface area contributed by atoms with E-state index in [4.69, 9.17) is 5.73 Å². The third-order valence-corrected chi connectivity index (χ3v) is 4.12. The summed E-state index contributed by atoms with van der Waals surface area (Å²) in [5.41, 5.74) is 7.59. The maximum Gasteiger partial charge on any atom is 0.186 e. The molecule has 1 saturated heterocycles. The minimum atomic E-state index is 0.794. The summed E-state index contributed by atoms with van der Waals surface area (Å²) in [5, 5.41) is 1.15. The van der Waals surface area contributed by atoms with Gasteiger partial charge in [0.25, 0.3) is 0 Å². The van der Waals surface area contributed by atoms with Gasteiger partial charge in [0.05, 0.1) is 10.2 Å². The first-order valence-electron chi connectivity index (χ1n) is 5.74. The second-order valence-electron chi connectivity index (χ2n) is 4.27. The summed E-state index contributed by atoms with van der Waals surface area (Å²) >= 11 is 1.77. The van der Waals surface area contributed by atoms with E-state index in [0.717, 1.165) is 29.4 Å². The lowest BCUT2D eigenvalue weighted by Crippen LogP contribution is -2.29. The fourth-order valence-electron chi connectivity index (χ4n) is 2.15. The topological polar surface area (TPSA) is 42.1 Å². The molecule has 3 rings (SSSR count). The SMILES string of the molecule is Nc1ccc2sc(N3CCCCC3)nc2c1. The summed E-state index contributed by atoms with van der Waals surface area (Å²) in [6.45, 7) is 2.30. The van der Waals surface area contributed by atoms with Gasteiger partial charge in [0, 0.05) is 18.8 Å². The molecule has 0 bridgehead atoms. The molecule has 0 amide bonds. The molecule has 4 heteroatoms. The van der Waals surface area contributed by atoms with E-state index in [1.807, 2.05) is 12.1 Å². The summed E-state index contributed by atoms with van der Waals surface area (Å²) in [4.78, 5) is 7.05. The largest absolute Gasteiger partial charge is 0.399 e. The number of rotatable bonds is 1. The maximum absolute atomic E-state index is 5.76. The first-order chi connectivity index (χ1) is 7.83. The summed E-state index contributed by atoms with van der Waals surface area (Å²) in [7, 11) is 0. The van der Waals surface area contributed by atoms with Gasteiger partial charge in [-0.05, 0) is 37.5 Å². The molecule has 1 aromatic carbocycles. The van der Waals surface area contributed by atoms with Gasteiger partial charge in [-0.25, -0.2) is 4.98 Å². The van der Waals surface area contributed by atoms with Crippen LogP contribution < -0.4 is 10.6 Å². The number of benzene rings is 1. The number of piperidine rings is 1. The lowest BCUT2D eigenvalue weighted by molar-refractivity contribution is 0.577. The van der Waals surface area contributed by atoms with Crippen LogP contribution in [-0.2, 0) is 0 Å². The smallest absolute Gasteiger partial charge is 0.186 e. The number of nitrogens with two attached hydrogens (primary N) is 1. The number of hydrogen-bond acceptors (Lipinski definition) is 4. The molecule has 0 atom stereocenters. The highest BCUT2D eigenvalue weighted by molar-refractivity contribution is 7.22. The van der Waals surface area contributed by atoms with Crippen molar-refractivity contribution in [1.29, 1.82) is 0 Å². The summed E-state index contributed by atoms with van der Waals surface area (Å²) in [6.07, 6.45) is 3.93. The maximum atomic E-state index is 5.76. The summed E-state index contributed by atoms with van der Waals surface area (Å²) < 4.78 is 1.23. The lowest BCUT2D eigenvalue weighted by Gasteiger charge is -2.25. The van der Waals surface area contributed by atoms with Crippen molar-refractivity contribution >= 4 is 32.4 Å².